The van der Waals surface area contributed by atoms with Crippen LogP contribution < -0.4 is 0 Å². The van der Waals surface area contributed by atoms with Gasteiger partial charge in [0.25, 0.3) is 0 Å². The van der Waals surface area contributed by atoms with Gasteiger partial charge in [-0.15, -0.1) is 0 Å². The molecule has 0 radical (unpaired) electrons. The largest absolute Gasteiger partial charge is 0.393 e. The predicted molar refractivity (Wildman–Crippen MR) is 48.2 cm³/mol. The Morgan fingerprint density at radius 2 is 1.69 bits per heavy atom. The third kappa shape index (κ3) is 4.63. The molecule has 0 heterocycles. The molecule has 0 aromatic rings. The van der Waals surface area contributed by atoms with E-state index in [2.05, 4.69) is 0 Å². The third-order valence-corrected chi connectivity index (χ3v) is 3.03. The molecule has 0 spiro atoms. The van der Waals surface area contributed by atoms with E-state index in [9.17, 15) is 27.1 Å². The van der Waals surface area contributed by atoms with E-state index in [1.807, 2.05) is 0 Å². The number of rotatable bonds is 3. The van der Waals surface area contributed by atoms with Crippen molar-refractivity contribution in [3.63, 3.8) is 0 Å². The van der Waals surface area contributed by atoms with E-state index in [4.69, 9.17) is 0 Å². The Morgan fingerprint density at radius 3 is 2.12 bits per heavy atom. The number of halogens is 5. The summed E-state index contributed by atoms with van der Waals surface area (Å²) in [4.78, 5) is 0. The van der Waals surface area contributed by atoms with E-state index in [0.29, 0.717) is 0 Å². The van der Waals surface area contributed by atoms with Gasteiger partial charge in [0.2, 0.25) is 5.92 Å². The minimum atomic E-state index is -4.29. The fourth-order valence-electron chi connectivity index (χ4n) is 1.99. The predicted octanol–water partition coefficient (Wildman–Crippen LogP) is 3.52. The average Bonchev–Trinajstić information content (AvgIpc) is 2.13. The highest BCUT2D eigenvalue weighted by Gasteiger charge is 2.38. The second-order valence-corrected chi connectivity index (χ2v) is 4.41. The Labute approximate surface area is 90.6 Å². The first-order valence-corrected chi connectivity index (χ1v) is 5.32. The minimum Gasteiger partial charge on any atom is -0.393 e. The van der Waals surface area contributed by atoms with E-state index >= 15 is 0 Å². The van der Waals surface area contributed by atoms with E-state index in [0.717, 1.165) is 0 Å². The van der Waals surface area contributed by atoms with E-state index in [-0.39, 0.29) is 32.1 Å². The highest BCUT2D eigenvalue weighted by molar-refractivity contribution is 4.81. The van der Waals surface area contributed by atoms with Gasteiger partial charge in [-0.25, -0.2) is 8.78 Å². The van der Waals surface area contributed by atoms with Gasteiger partial charge in [0.1, 0.15) is 0 Å². The van der Waals surface area contributed by atoms with Crippen molar-refractivity contribution in [2.75, 3.05) is 0 Å². The van der Waals surface area contributed by atoms with E-state index in [1.54, 1.807) is 0 Å². The monoisotopic (exact) mass is 246 g/mol. The molecule has 1 aliphatic carbocycles. The lowest BCUT2D eigenvalue weighted by atomic mass is 9.82. The molecule has 0 aromatic heterocycles. The number of alkyl halides is 5. The maximum atomic E-state index is 12.8. The Bertz CT molecular complexity index is 216. The first-order valence-electron chi connectivity index (χ1n) is 5.32. The first kappa shape index (κ1) is 13.7. The summed E-state index contributed by atoms with van der Waals surface area (Å²) in [6.07, 6.45) is -7.31. The minimum absolute atomic E-state index is 0.103. The summed E-state index contributed by atoms with van der Waals surface area (Å²) in [5, 5.41) is 9.46. The molecule has 1 nitrogen and oxygen atoms in total. The van der Waals surface area contributed by atoms with Crippen molar-refractivity contribution in [3.05, 3.63) is 0 Å². The number of aliphatic hydroxyl groups excluding tert-OH is 1. The van der Waals surface area contributed by atoms with Crippen LogP contribution in [-0.4, -0.2) is 23.3 Å². The second kappa shape index (κ2) is 4.85. The Balaban J connectivity index is 2.31. The van der Waals surface area contributed by atoms with Crippen molar-refractivity contribution < 1.29 is 27.1 Å². The molecule has 0 aromatic carbocycles. The maximum Gasteiger partial charge on any atom is 0.389 e. The van der Waals surface area contributed by atoms with Gasteiger partial charge >= 0.3 is 6.18 Å². The summed E-state index contributed by atoms with van der Waals surface area (Å²) in [5.41, 5.74) is 0. The standard InChI is InChI=1S/C10H15F5O/c11-9(12)4-1-7(2-5-9)8(16)3-6-10(13,14)15/h7-8,16H,1-6H2. The Kier molecular flexibility index (Phi) is 4.15. The highest BCUT2D eigenvalue weighted by atomic mass is 19.4. The van der Waals surface area contributed by atoms with Crippen molar-refractivity contribution >= 4 is 0 Å². The molecule has 0 bridgehead atoms. The normalized spacial score (nSPS) is 24.4. The lowest BCUT2D eigenvalue weighted by Gasteiger charge is -2.31. The second-order valence-electron chi connectivity index (χ2n) is 4.41. The van der Waals surface area contributed by atoms with Gasteiger partial charge in [-0.1, -0.05) is 0 Å². The molecule has 1 aliphatic rings. The number of aliphatic hydroxyl groups is 1. The van der Waals surface area contributed by atoms with Gasteiger partial charge in [0.05, 0.1) is 6.10 Å². The fraction of sp³-hybridized carbons (Fsp3) is 1.00. The van der Waals surface area contributed by atoms with Crippen LogP contribution in [0.25, 0.3) is 0 Å². The molecule has 6 heteroatoms. The molecule has 1 saturated carbocycles. The maximum absolute atomic E-state index is 12.8. The molecule has 0 saturated heterocycles. The summed E-state index contributed by atoms with van der Waals surface area (Å²) in [6, 6.07) is 0. The average molecular weight is 246 g/mol. The van der Waals surface area contributed by atoms with Crippen LogP contribution in [0.2, 0.25) is 0 Å². The van der Waals surface area contributed by atoms with Crippen LogP contribution >= 0.6 is 0 Å². The third-order valence-electron chi connectivity index (χ3n) is 3.03. The molecule has 16 heavy (non-hydrogen) atoms. The zero-order valence-electron chi connectivity index (χ0n) is 8.73. The van der Waals surface area contributed by atoms with E-state index in [1.165, 1.54) is 0 Å². The molecule has 1 rings (SSSR count). The lowest BCUT2D eigenvalue weighted by molar-refractivity contribution is -0.143. The molecule has 0 amide bonds. The molecule has 1 fully saturated rings. The SMILES string of the molecule is OC(CCC(F)(F)F)C1CCC(F)(F)CC1. The molecular formula is C10H15F5O. The van der Waals surface area contributed by atoms with Crippen LogP contribution in [-0.2, 0) is 0 Å². The van der Waals surface area contributed by atoms with Crippen LogP contribution in [0.5, 0.6) is 0 Å². The quantitative estimate of drug-likeness (QED) is 0.755. The smallest absolute Gasteiger partial charge is 0.389 e. The fourth-order valence-corrected chi connectivity index (χ4v) is 1.99. The summed E-state index contributed by atoms with van der Waals surface area (Å²) in [5.74, 6) is -3.12. The van der Waals surface area contributed by atoms with Crippen LogP contribution in [0.3, 0.4) is 0 Å². The van der Waals surface area contributed by atoms with E-state index < -0.39 is 30.5 Å². The number of hydrogen-bond donors (Lipinski definition) is 1. The van der Waals surface area contributed by atoms with Crippen molar-refractivity contribution in [2.24, 2.45) is 5.92 Å². The van der Waals surface area contributed by atoms with Gasteiger partial charge in [0.15, 0.2) is 0 Å². The topological polar surface area (TPSA) is 20.2 Å². The van der Waals surface area contributed by atoms with Gasteiger partial charge in [-0.3, -0.25) is 0 Å². The van der Waals surface area contributed by atoms with Crippen LogP contribution in [0.4, 0.5) is 22.0 Å². The van der Waals surface area contributed by atoms with Crippen LogP contribution in [0.1, 0.15) is 38.5 Å². The molecular weight excluding hydrogens is 231 g/mol. The molecule has 1 atom stereocenters. The lowest BCUT2D eigenvalue weighted by Crippen LogP contribution is -2.31. The molecule has 0 aliphatic heterocycles. The first-order chi connectivity index (χ1) is 7.20. The molecule has 96 valence electrons. The van der Waals surface area contributed by atoms with Crippen molar-refractivity contribution in [2.45, 2.75) is 56.7 Å². The summed E-state index contributed by atoms with van der Waals surface area (Å²) >= 11 is 0. The highest BCUT2D eigenvalue weighted by Crippen LogP contribution is 2.38. The zero-order valence-corrected chi connectivity index (χ0v) is 8.73. The Hall–Kier alpha value is -0.390. The van der Waals surface area contributed by atoms with Crippen LogP contribution in [0.15, 0.2) is 0 Å². The molecule has 1 N–H and O–H groups in total. The van der Waals surface area contributed by atoms with Gasteiger partial charge in [0, 0.05) is 19.3 Å². The summed E-state index contributed by atoms with van der Waals surface area (Å²) in [6.45, 7) is 0. The van der Waals surface area contributed by atoms with Gasteiger partial charge in [-0.2, -0.15) is 13.2 Å². The van der Waals surface area contributed by atoms with Gasteiger partial charge in [-0.05, 0) is 25.2 Å². The van der Waals surface area contributed by atoms with Gasteiger partial charge < -0.3 is 5.11 Å². The van der Waals surface area contributed by atoms with Crippen LogP contribution in [0, 0.1) is 5.92 Å². The van der Waals surface area contributed by atoms with Crippen molar-refractivity contribution in [1.29, 1.82) is 0 Å². The molecule has 1 unspecified atom stereocenters. The zero-order chi connectivity index (χ0) is 12.4. The summed E-state index contributed by atoms with van der Waals surface area (Å²) < 4.78 is 61.1. The van der Waals surface area contributed by atoms with Crippen molar-refractivity contribution in [3.8, 4) is 0 Å². The summed E-state index contributed by atoms with van der Waals surface area (Å²) in [7, 11) is 0. The van der Waals surface area contributed by atoms with Crippen molar-refractivity contribution in [1.82, 2.24) is 0 Å². The number of hydrogen-bond acceptors (Lipinski definition) is 1. The Morgan fingerprint density at radius 1 is 1.19 bits per heavy atom.